The van der Waals surface area contributed by atoms with Gasteiger partial charge in [0.1, 0.15) is 0 Å². The fraction of sp³-hybridized carbons (Fsp3) is 0.0625. The molecule has 5 heteroatoms. The van der Waals surface area contributed by atoms with Gasteiger partial charge >= 0.3 is 5.97 Å². The van der Waals surface area contributed by atoms with Crippen LogP contribution in [0.15, 0.2) is 60.8 Å². The van der Waals surface area contributed by atoms with Gasteiger partial charge in [0.2, 0.25) is 0 Å². The zero-order chi connectivity index (χ0) is 14.7. The SMILES string of the molecule is O=C(O)Cc1cn(-c2ccc(-c3ccccc3)cc2)nn1. The molecule has 0 fully saturated rings. The van der Waals surface area contributed by atoms with Gasteiger partial charge in [0.05, 0.1) is 24.0 Å². The van der Waals surface area contributed by atoms with Crippen molar-refractivity contribution in [3.63, 3.8) is 0 Å². The zero-order valence-electron chi connectivity index (χ0n) is 11.2. The van der Waals surface area contributed by atoms with Crippen LogP contribution in [0.1, 0.15) is 5.69 Å². The number of aliphatic carboxylic acids is 1. The number of nitrogens with zero attached hydrogens (tertiary/aromatic N) is 3. The van der Waals surface area contributed by atoms with Crippen LogP contribution >= 0.6 is 0 Å². The molecular formula is C16H13N3O2. The molecular weight excluding hydrogens is 266 g/mol. The minimum absolute atomic E-state index is 0.123. The number of carboxylic acids is 1. The summed E-state index contributed by atoms with van der Waals surface area (Å²) in [5.41, 5.74) is 3.55. The predicted octanol–water partition coefficient (Wildman–Crippen LogP) is 2.56. The van der Waals surface area contributed by atoms with E-state index in [0.29, 0.717) is 5.69 Å². The molecule has 0 aliphatic heterocycles. The Kier molecular flexibility index (Phi) is 3.47. The first kappa shape index (κ1) is 13.1. The van der Waals surface area contributed by atoms with Crippen LogP contribution in [0, 0.1) is 0 Å². The lowest BCUT2D eigenvalue weighted by Gasteiger charge is -2.03. The van der Waals surface area contributed by atoms with E-state index in [4.69, 9.17) is 5.11 Å². The highest BCUT2D eigenvalue weighted by Crippen LogP contribution is 2.20. The highest BCUT2D eigenvalue weighted by atomic mass is 16.4. The van der Waals surface area contributed by atoms with E-state index >= 15 is 0 Å². The molecule has 3 aromatic rings. The van der Waals surface area contributed by atoms with Crippen molar-refractivity contribution in [3.05, 3.63) is 66.5 Å². The molecule has 0 atom stereocenters. The average molecular weight is 279 g/mol. The Balaban J connectivity index is 1.84. The molecule has 0 amide bonds. The number of rotatable bonds is 4. The molecule has 0 saturated carbocycles. The van der Waals surface area contributed by atoms with Gasteiger partial charge in [-0.2, -0.15) is 0 Å². The first-order valence-corrected chi connectivity index (χ1v) is 6.51. The summed E-state index contributed by atoms with van der Waals surface area (Å²) in [5, 5.41) is 16.5. The van der Waals surface area contributed by atoms with Crippen LogP contribution in [0.5, 0.6) is 0 Å². The summed E-state index contributed by atoms with van der Waals surface area (Å²) >= 11 is 0. The van der Waals surface area contributed by atoms with E-state index in [9.17, 15) is 4.79 Å². The van der Waals surface area contributed by atoms with Gasteiger partial charge in [0, 0.05) is 0 Å². The largest absolute Gasteiger partial charge is 0.481 e. The van der Waals surface area contributed by atoms with Crippen molar-refractivity contribution in [2.45, 2.75) is 6.42 Å². The van der Waals surface area contributed by atoms with Crippen molar-refractivity contribution < 1.29 is 9.90 Å². The van der Waals surface area contributed by atoms with Crippen LogP contribution in [-0.2, 0) is 11.2 Å². The van der Waals surface area contributed by atoms with Gasteiger partial charge in [-0.05, 0) is 23.3 Å². The Bertz CT molecular complexity index is 749. The summed E-state index contributed by atoms with van der Waals surface area (Å²) in [4.78, 5) is 10.6. The lowest BCUT2D eigenvalue weighted by molar-refractivity contribution is -0.136. The van der Waals surface area contributed by atoms with Crippen molar-refractivity contribution in [1.29, 1.82) is 0 Å². The zero-order valence-corrected chi connectivity index (χ0v) is 11.2. The van der Waals surface area contributed by atoms with Crippen LogP contribution < -0.4 is 0 Å². The molecule has 0 saturated heterocycles. The lowest BCUT2D eigenvalue weighted by atomic mass is 10.1. The molecule has 0 bridgehead atoms. The van der Waals surface area contributed by atoms with Gasteiger partial charge in [-0.1, -0.05) is 47.7 Å². The first-order valence-electron chi connectivity index (χ1n) is 6.51. The van der Waals surface area contributed by atoms with E-state index in [0.717, 1.165) is 16.8 Å². The normalized spacial score (nSPS) is 10.5. The summed E-state index contributed by atoms with van der Waals surface area (Å²) in [7, 11) is 0. The van der Waals surface area contributed by atoms with Crippen molar-refractivity contribution in [3.8, 4) is 16.8 Å². The topological polar surface area (TPSA) is 68.0 Å². The third-order valence-corrected chi connectivity index (χ3v) is 3.11. The van der Waals surface area contributed by atoms with Gasteiger partial charge in [-0.15, -0.1) is 5.10 Å². The number of hydrogen-bond acceptors (Lipinski definition) is 3. The summed E-state index contributed by atoms with van der Waals surface area (Å²) < 4.78 is 1.58. The predicted molar refractivity (Wildman–Crippen MR) is 78.1 cm³/mol. The Hall–Kier alpha value is -2.95. The molecule has 0 aliphatic rings. The Morgan fingerprint density at radius 1 is 1.00 bits per heavy atom. The van der Waals surface area contributed by atoms with Crippen molar-refractivity contribution >= 4 is 5.97 Å². The van der Waals surface area contributed by atoms with Crippen LogP contribution in [0.25, 0.3) is 16.8 Å². The third-order valence-electron chi connectivity index (χ3n) is 3.11. The fourth-order valence-corrected chi connectivity index (χ4v) is 2.10. The maximum absolute atomic E-state index is 10.6. The molecule has 0 radical (unpaired) electrons. The second-order valence-corrected chi connectivity index (χ2v) is 4.64. The molecule has 1 aromatic heterocycles. The van der Waals surface area contributed by atoms with Gasteiger partial charge in [-0.3, -0.25) is 4.79 Å². The minimum Gasteiger partial charge on any atom is -0.481 e. The fourth-order valence-electron chi connectivity index (χ4n) is 2.10. The van der Waals surface area contributed by atoms with Crippen LogP contribution in [-0.4, -0.2) is 26.1 Å². The molecule has 0 aliphatic carbocycles. The van der Waals surface area contributed by atoms with Crippen molar-refractivity contribution in [2.75, 3.05) is 0 Å². The molecule has 5 nitrogen and oxygen atoms in total. The Morgan fingerprint density at radius 3 is 2.33 bits per heavy atom. The second kappa shape index (κ2) is 5.58. The molecule has 0 unspecified atom stereocenters. The van der Waals surface area contributed by atoms with Crippen LogP contribution in [0.4, 0.5) is 0 Å². The van der Waals surface area contributed by atoms with Gasteiger partial charge in [0.25, 0.3) is 0 Å². The Labute approximate surface area is 121 Å². The van der Waals surface area contributed by atoms with Crippen LogP contribution in [0.2, 0.25) is 0 Å². The number of hydrogen-bond donors (Lipinski definition) is 1. The van der Waals surface area contributed by atoms with Crippen molar-refractivity contribution in [1.82, 2.24) is 15.0 Å². The van der Waals surface area contributed by atoms with Gasteiger partial charge in [0.15, 0.2) is 0 Å². The summed E-state index contributed by atoms with van der Waals surface area (Å²) in [5.74, 6) is -0.915. The molecule has 1 heterocycles. The molecule has 2 aromatic carbocycles. The maximum atomic E-state index is 10.6. The minimum atomic E-state index is -0.915. The highest BCUT2D eigenvalue weighted by molar-refractivity contribution is 5.69. The molecule has 3 rings (SSSR count). The number of carbonyl (C=O) groups is 1. The van der Waals surface area contributed by atoms with E-state index in [1.54, 1.807) is 10.9 Å². The Morgan fingerprint density at radius 2 is 1.67 bits per heavy atom. The monoisotopic (exact) mass is 279 g/mol. The highest BCUT2D eigenvalue weighted by Gasteiger charge is 2.07. The summed E-state index contributed by atoms with van der Waals surface area (Å²) in [6.45, 7) is 0. The molecule has 21 heavy (non-hydrogen) atoms. The lowest BCUT2D eigenvalue weighted by Crippen LogP contribution is -1.99. The second-order valence-electron chi connectivity index (χ2n) is 4.64. The number of benzene rings is 2. The van der Waals surface area contributed by atoms with E-state index in [-0.39, 0.29) is 6.42 Å². The van der Waals surface area contributed by atoms with E-state index < -0.39 is 5.97 Å². The van der Waals surface area contributed by atoms with E-state index in [1.165, 1.54) is 0 Å². The molecule has 104 valence electrons. The molecule has 1 N–H and O–H groups in total. The van der Waals surface area contributed by atoms with E-state index in [2.05, 4.69) is 22.4 Å². The first-order chi connectivity index (χ1) is 10.2. The van der Waals surface area contributed by atoms with Crippen molar-refractivity contribution in [2.24, 2.45) is 0 Å². The van der Waals surface area contributed by atoms with E-state index in [1.807, 2.05) is 42.5 Å². The smallest absolute Gasteiger partial charge is 0.309 e. The third kappa shape index (κ3) is 2.97. The summed E-state index contributed by atoms with van der Waals surface area (Å²) in [6, 6.07) is 18.0. The maximum Gasteiger partial charge on any atom is 0.309 e. The standard InChI is InChI=1S/C16H13N3O2/c20-16(21)10-14-11-19(18-17-14)15-8-6-13(7-9-15)12-4-2-1-3-5-12/h1-9,11H,10H2,(H,20,21). The average Bonchev–Trinajstić information content (AvgIpc) is 2.96. The van der Waals surface area contributed by atoms with Crippen LogP contribution in [0.3, 0.4) is 0 Å². The number of aromatic nitrogens is 3. The van der Waals surface area contributed by atoms with Gasteiger partial charge < -0.3 is 5.11 Å². The molecule has 0 spiro atoms. The quantitative estimate of drug-likeness (QED) is 0.797. The summed E-state index contributed by atoms with van der Waals surface area (Å²) in [6.07, 6.45) is 1.51. The number of carboxylic acid groups (broad SMARTS) is 1. The van der Waals surface area contributed by atoms with Gasteiger partial charge in [-0.25, -0.2) is 4.68 Å².